The summed E-state index contributed by atoms with van der Waals surface area (Å²) < 4.78 is 0. The first-order valence-corrected chi connectivity index (χ1v) is 6.69. The number of nitrogens with zero attached hydrogens (tertiary/aromatic N) is 1. The molecule has 1 aliphatic rings. The normalized spacial score (nSPS) is 21.6. The van der Waals surface area contributed by atoms with Crippen molar-refractivity contribution in [1.29, 1.82) is 0 Å². The quantitative estimate of drug-likeness (QED) is 0.925. The van der Waals surface area contributed by atoms with Gasteiger partial charge in [-0.05, 0) is 18.9 Å². The van der Waals surface area contributed by atoms with Gasteiger partial charge in [0, 0.05) is 25.0 Å². The Morgan fingerprint density at radius 2 is 1.95 bits per heavy atom. The van der Waals surface area contributed by atoms with Crippen LogP contribution < -0.4 is 5.73 Å². The molecule has 0 bridgehead atoms. The molecular formula is C15H23ClN2O. The van der Waals surface area contributed by atoms with Crippen molar-refractivity contribution >= 4 is 18.3 Å². The molecule has 106 valence electrons. The van der Waals surface area contributed by atoms with Crippen LogP contribution in [0.3, 0.4) is 0 Å². The number of likely N-dealkylation sites (tertiary alicyclic amines) is 1. The van der Waals surface area contributed by atoms with Crippen LogP contribution in [0, 0.1) is 5.92 Å². The van der Waals surface area contributed by atoms with Crippen molar-refractivity contribution in [2.24, 2.45) is 11.7 Å². The van der Waals surface area contributed by atoms with Gasteiger partial charge < -0.3 is 10.6 Å². The predicted octanol–water partition coefficient (Wildman–Crippen LogP) is 2.41. The summed E-state index contributed by atoms with van der Waals surface area (Å²) in [6.45, 7) is 5.51. The molecular weight excluding hydrogens is 260 g/mol. The second-order valence-corrected chi connectivity index (χ2v) is 5.33. The van der Waals surface area contributed by atoms with Crippen molar-refractivity contribution in [3.63, 3.8) is 0 Å². The molecule has 19 heavy (non-hydrogen) atoms. The van der Waals surface area contributed by atoms with Gasteiger partial charge in [-0.3, -0.25) is 4.79 Å². The fraction of sp³-hybridized carbons (Fsp3) is 0.533. The molecule has 3 atom stereocenters. The zero-order valence-electron chi connectivity index (χ0n) is 11.6. The molecule has 1 aromatic carbocycles. The van der Waals surface area contributed by atoms with Crippen molar-refractivity contribution in [3.8, 4) is 0 Å². The third-order valence-electron chi connectivity index (χ3n) is 3.95. The smallest absolute Gasteiger partial charge is 0.226 e. The van der Waals surface area contributed by atoms with Crippen molar-refractivity contribution in [1.82, 2.24) is 4.90 Å². The van der Waals surface area contributed by atoms with Crippen molar-refractivity contribution in [3.05, 3.63) is 35.9 Å². The first-order chi connectivity index (χ1) is 8.59. The Balaban J connectivity index is 0.00000180. The summed E-state index contributed by atoms with van der Waals surface area (Å²) in [6, 6.07) is 10.4. The molecule has 4 heteroatoms. The lowest BCUT2D eigenvalue weighted by molar-refractivity contribution is -0.134. The van der Waals surface area contributed by atoms with Gasteiger partial charge in [0.1, 0.15) is 0 Å². The van der Waals surface area contributed by atoms with E-state index in [1.54, 1.807) is 0 Å². The van der Waals surface area contributed by atoms with Crippen LogP contribution in [-0.2, 0) is 4.79 Å². The summed E-state index contributed by atoms with van der Waals surface area (Å²) >= 11 is 0. The van der Waals surface area contributed by atoms with Crippen LogP contribution >= 0.6 is 12.4 Å². The number of halogens is 1. The first-order valence-electron chi connectivity index (χ1n) is 6.69. The highest BCUT2D eigenvalue weighted by Crippen LogP contribution is 2.28. The molecule has 1 amide bonds. The molecule has 0 aliphatic carbocycles. The Morgan fingerprint density at radius 1 is 1.32 bits per heavy atom. The Hall–Kier alpha value is -1.06. The van der Waals surface area contributed by atoms with E-state index in [-0.39, 0.29) is 30.3 Å². The van der Waals surface area contributed by atoms with Gasteiger partial charge in [-0.15, -0.1) is 12.4 Å². The average molecular weight is 283 g/mol. The van der Waals surface area contributed by atoms with Gasteiger partial charge in [0.15, 0.2) is 0 Å². The molecule has 3 nitrogen and oxygen atoms in total. The lowest BCUT2D eigenvalue weighted by Gasteiger charge is -2.23. The Labute approximate surface area is 121 Å². The van der Waals surface area contributed by atoms with E-state index < -0.39 is 0 Å². The van der Waals surface area contributed by atoms with Gasteiger partial charge in [0.05, 0.1) is 5.92 Å². The van der Waals surface area contributed by atoms with Crippen molar-refractivity contribution in [2.45, 2.75) is 32.2 Å². The van der Waals surface area contributed by atoms with E-state index in [1.807, 2.05) is 24.8 Å². The molecule has 0 aromatic heterocycles. The third-order valence-corrected chi connectivity index (χ3v) is 3.95. The van der Waals surface area contributed by atoms with E-state index in [0.717, 1.165) is 19.5 Å². The standard InChI is InChI=1S/C15H22N2O.ClH/c1-11(12(2)16)15(18)17-9-8-14(10-17)13-6-4-3-5-7-13;/h3-7,11-12,14H,8-10,16H2,1-2H3;1H. The molecule has 2 rings (SSSR count). The van der Waals surface area contributed by atoms with Crippen LogP contribution in [0.4, 0.5) is 0 Å². The molecule has 0 spiro atoms. The van der Waals surface area contributed by atoms with E-state index >= 15 is 0 Å². The summed E-state index contributed by atoms with van der Waals surface area (Å²) in [6.07, 6.45) is 1.06. The highest BCUT2D eigenvalue weighted by atomic mass is 35.5. The summed E-state index contributed by atoms with van der Waals surface area (Å²) in [5.74, 6) is 0.596. The minimum Gasteiger partial charge on any atom is -0.342 e. The topological polar surface area (TPSA) is 46.3 Å². The maximum atomic E-state index is 12.2. The maximum absolute atomic E-state index is 12.2. The van der Waals surface area contributed by atoms with E-state index in [9.17, 15) is 4.79 Å². The van der Waals surface area contributed by atoms with Crippen LogP contribution in [0.1, 0.15) is 31.7 Å². The second-order valence-electron chi connectivity index (χ2n) is 5.33. The van der Waals surface area contributed by atoms with Crippen LogP contribution in [0.15, 0.2) is 30.3 Å². The maximum Gasteiger partial charge on any atom is 0.226 e. The molecule has 0 radical (unpaired) electrons. The highest BCUT2D eigenvalue weighted by Gasteiger charge is 2.30. The van der Waals surface area contributed by atoms with Gasteiger partial charge in [-0.1, -0.05) is 37.3 Å². The summed E-state index contributed by atoms with van der Waals surface area (Å²) in [5, 5.41) is 0. The number of hydrogen-bond acceptors (Lipinski definition) is 2. The number of carbonyl (C=O) groups excluding carboxylic acids is 1. The molecule has 1 fully saturated rings. The van der Waals surface area contributed by atoms with E-state index in [4.69, 9.17) is 5.73 Å². The number of nitrogens with two attached hydrogens (primary N) is 1. The fourth-order valence-electron chi connectivity index (χ4n) is 2.47. The third kappa shape index (κ3) is 3.71. The average Bonchev–Trinajstić information content (AvgIpc) is 2.87. The zero-order valence-corrected chi connectivity index (χ0v) is 12.4. The molecule has 1 aromatic rings. The molecule has 2 N–H and O–H groups in total. The van der Waals surface area contributed by atoms with Gasteiger partial charge in [0.25, 0.3) is 0 Å². The minimum atomic E-state index is -0.0838. The monoisotopic (exact) mass is 282 g/mol. The van der Waals surface area contributed by atoms with Gasteiger partial charge in [0.2, 0.25) is 5.91 Å². The Morgan fingerprint density at radius 3 is 2.53 bits per heavy atom. The Bertz CT molecular complexity index is 408. The predicted molar refractivity (Wildman–Crippen MR) is 80.4 cm³/mol. The molecule has 1 aliphatic heterocycles. The molecule has 0 saturated carbocycles. The second kappa shape index (κ2) is 6.92. The van der Waals surface area contributed by atoms with Crippen LogP contribution in [0.5, 0.6) is 0 Å². The Kier molecular flexibility index (Phi) is 5.83. The molecule has 3 unspecified atom stereocenters. The van der Waals surface area contributed by atoms with E-state index in [1.165, 1.54) is 5.56 Å². The number of carbonyl (C=O) groups is 1. The zero-order chi connectivity index (χ0) is 13.1. The van der Waals surface area contributed by atoms with Gasteiger partial charge in [-0.25, -0.2) is 0 Å². The summed E-state index contributed by atoms with van der Waals surface area (Å²) in [7, 11) is 0. The molecule has 1 saturated heterocycles. The van der Waals surface area contributed by atoms with Gasteiger partial charge in [-0.2, -0.15) is 0 Å². The minimum absolute atomic E-state index is 0. The first kappa shape index (κ1) is 16.0. The number of rotatable bonds is 3. The van der Waals surface area contributed by atoms with E-state index in [2.05, 4.69) is 24.3 Å². The fourth-order valence-corrected chi connectivity index (χ4v) is 2.47. The van der Waals surface area contributed by atoms with Crippen molar-refractivity contribution in [2.75, 3.05) is 13.1 Å². The van der Waals surface area contributed by atoms with Gasteiger partial charge >= 0.3 is 0 Å². The van der Waals surface area contributed by atoms with E-state index in [0.29, 0.717) is 5.92 Å². The lowest BCUT2D eigenvalue weighted by Crippen LogP contribution is -2.40. The lowest BCUT2D eigenvalue weighted by atomic mass is 9.98. The SMILES string of the molecule is CC(N)C(C)C(=O)N1CCC(c2ccccc2)C1.Cl. The summed E-state index contributed by atoms with van der Waals surface area (Å²) in [4.78, 5) is 14.2. The summed E-state index contributed by atoms with van der Waals surface area (Å²) in [5.41, 5.74) is 7.14. The number of hydrogen-bond donors (Lipinski definition) is 1. The van der Waals surface area contributed by atoms with Crippen LogP contribution in [0.25, 0.3) is 0 Å². The van der Waals surface area contributed by atoms with Crippen molar-refractivity contribution < 1.29 is 4.79 Å². The highest BCUT2D eigenvalue weighted by molar-refractivity contribution is 5.85. The largest absolute Gasteiger partial charge is 0.342 e. The van der Waals surface area contributed by atoms with Crippen LogP contribution in [-0.4, -0.2) is 29.9 Å². The van der Waals surface area contributed by atoms with Crippen LogP contribution in [0.2, 0.25) is 0 Å². The number of benzene rings is 1. The number of amides is 1. The molecule has 1 heterocycles.